The first-order valence-electron chi connectivity index (χ1n) is 6.02. The van der Waals surface area contributed by atoms with Gasteiger partial charge in [-0.15, -0.1) is 0 Å². The molecule has 0 atom stereocenters. The minimum atomic E-state index is 0.104. The third-order valence-electron chi connectivity index (χ3n) is 2.25. The zero-order valence-electron chi connectivity index (χ0n) is 10.7. The van der Waals surface area contributed by atoms with Crippen molar-refractivity contribution in [3.05, 3.63) is 29.8 Å². The predicted octanol–water partition coefficient (Wildman–Crippen LogP) is 3.89. The lowest BCUT2D eigenvalue weighted by Gasteiger charge is -2.06. The zero-order valence-corrected chi connectivity index (χ0v) is 11.5. The lowest BCUT2D eigenvalue weighted by atomic mass is 10.2. The topological polar surface area (TPSA) is 26.3 Å². The summed E-state index contributed by atoms with van der Waals surface area (Å²) < 4.78 is 5.50. The van der Waals surface area contributed by atoms with Crippen LogP contribution in [0.1, 0.15) is 32.8 Å². The van der Waals surface area contributed by atoms with Crippen LogP contribution in [0.2, 0.25) is 0 Å². The standard InChI is InChI=1S/C14H20O2S/c1-4-9-16-13-7-5-12(6-8-13)10-17-14(15)11(2)3/h5-8,11H,4,9-10H2,1-3H3. The second kappa shape index (κ2) is 7.38. The van der Waals surface area contributed by atoms with E-state index >= 15 is 0 Å². The predicted molar refractivity (Wildman–Crippen MR) is 73.4 cm³/mol. The summed E-state index contributed by atoms with van der Waals surface area (Å²) in [6.07, 6.45) is 1.01. The van der Waals surface area contributed by atoms with E-state index in [0.29, 0.717) is 0 Å². The Balaban J connectivity index is 2.42. The highest BCUT2D eigenvalue weighted by molar-refractivity contribution is 8.13. The van der Waals surface area contributed by atoms with E-state index in [1.54, 1.807) is 0 Å². The molecule has 0 aliphatic carbocycles. The summed E-state index contributed by atoms with van der Waals surface area (Å²) in [5.74, 6) is 1.74. The third kappa shape index (κ3) is 5.26. The Kier molecular flexibility index (Phi) is 6.12. The minimum Gasteiger partial charge on any atom is -0.494 e. The van der Waals surface area contributed by atoms with Crippen LogP contribution in [0.3, 0.4) is 0 Å². The smallest absolute Gasteiger partial charge is 0.191 e. The van der Waals surface area contributed by atoms with Crippen molar-refractivity contribution in [1.82, 2.24) is 0 Å². The summed E-state index contributed by atoms with van der Waals surface area (Å²) in [4.78, 5) is 11.5. The van der Waals surface area contributed by atoms with E-state index in [0.717, 1.165) is 30.1 Å². The molecule has 0 saturated carbocycles. The summed E-state index contributed by atoms with van der Waals surface area (Å²) in [5.41, 5.74) is 1.16. The largest absolute Gasteiger partial charge is 0.494 e. The van der Waals surface area contributed by atoms with Crippen LogP contribution < -0.4 is 4.74 Å². The maximum atomic E-state index is 11.5. The van der Waals surface area contributed by atoms with Gasteiger partial charge in [-0.3, -0.25) is 4.79 Å². The van der Waals surface area contributed by atoms with E-state index in [4.69, 9.17) is 4.74 Å². The first-order valence-corrected chi connectivity index (χ1v) is 7.00. The van der Waals surface area contributed by atoms with E-state index in [2.05, 4.69) is 6.92 Å². The third-order valence-corrected chi connectivity index (χ3v) is 3.48. The molecule has 1 aromatic carbocycles. The van der Waals surface area contributed by atoms with Gasteiger partial charge < -0.3 is 4.74 Å². The summed E-state index contributed by atoms with van der Waals surface area (Å²) >= 11 is 1.38. The highest BCUT2D eigenvalue weighted by atomic mass is 32.2. The zero-order chi connectivity index (χ0) is 12.7. The van der Waals surface area contributed by atoms with E-state index in [1.165, 1.54) is 11.8 Å². The van der Waals surface area contributed by atoms with Crippen LogP contribution in [0, 0.1) is 5.92 Å². The molecule has 0 N–H and O–H groups in total. The molecule has 3 heteroatoms. The van der Waals surface area contributed by atoms with Crippen LogP contribution >= 0.6 is 11.8 Å². The number of thioether (sulfide) groups is 1. The highest BCUT2D eigenvalue weighted by Crippen LogP contribution is 2.19. The quantitative estimate of drug-likeness (QED) is 0.768. The Morgan fingerprint density at radius 1 is 1.29 bits per heavy atom. The molecule has 17 heavy (non-hydrogen) atoms. The van der Waals surface area contributed by atoms with Gasteiger partial charge in [0, 0.05) is 11.7 Å². The van der Waals surface area contributed by atoms with Gasteiger partial charge in [-0.05, 0) is 24.1 Å². The van der Waals surface area contributed by atoms with Gasteiger partial charge in [-0.25, -0.2) is 0 Å². The molecule has 0 fully saturated rings. The first-order chi connectivity index (χ1) is 8.13. The van der Waals surface area contributed by atoms with Gasteiger partial charge in [0.05, 0.1) is 6.61 Å². The van der Waals surface area contributed by atoms with Crippen LogP contribution in [0.4, 0.5) is 0 Å². The van der Waals surface area contributed by atoms with Crippen molar-refractivity contribution in [2.45, 2.75) is 32.9 Å². The van der Waals surface area contributed by atoms with E-state index in [1.807, 2.05) is 38.1 Å². The van der Waals surface area contributed by atoms with E-state index in [-0.39, 0.29) is 11.0 Å². The number of carbonyl (C=O) groups excluding carboxylic acids is 1. The number of carbonyl (C=O) groups is 1. The fourth-order valence-electron chi connectivity index (χ4n) is 1.22. The molecule has 0 saturated heterocycles. The second-order valence-electron chi connectivity index (χ2n) is 4.25. The molecule has 0 unspecified atom stereocenters. The molecular formula is C14H20O2S. The molecular weight excluding hydrogens is 232 g/mol. The second-order valence-corrected chi connectivity index (χ2v) is 5.23. The lowest BCUT2D eigenvalue weighted by Crippen LogP contribution is -2.01. The van der Waals surface area contributed by atoms with Gasteiger partial charge in [-0.2, -0.15) is 0 Å². The van der Waals surface area contributed by atoms with Gasteiger partial charge >= 0.3 is 0 Å². The molecule has 0 bridgehead atoms. The van der Waals surface area contributed by atoms with Crippen LogP contribution in [0.5, 0.6) is 5.75 Å². The molecule has 1 aromatic rings. The van der Waals surface area contributed by atoms with Crippen LogP contribution in [0.25, 0.3) is 0 Å². The normalized spacial score (nSPS) is 10.6. The lowest BCUT2D eigenvalue weighted by molar-refractivity contribution is -0.113. The minimum absolute atomic E-state index is 0.104. The fraction of sp³-hybridized carbons (Fsp3) is 0.500. The fourth-order valence-corrected chi connectivity index (χ4v) is 2.06. The van der Waals surface area contributed by atoms with Crippen molar-refractivity contribution in [2.24, 2.45) is 5.92 Å². The Bertz CT molecular complexity index is 344. The molecule has 0 aliphatic rings. The summed E-state index contributed by atoms with van der Waals surface area (Å²) in [5, 5.41) is 0.247. The van der Waals surface area contributed by atoms with Gasteiger partial charge in [0.25, 0.3) is 0 Å². The molecule has 94 valence electrons. The first kappa shape index (κ1) is 14.1. The van der Waals surface area contributed by atoms with Gasteiger partial charge in [0.2, 0.25) is 0 Å². The molecule has 2 nitrogen and oxygen atoms in total. The average molecular weight is 252 g/mol. The molecule has 1 rings (SSSR count). The molecule has 0 spiro atoms. The Labute approximate surface area is 108 Å². The Hall–Kier alpha value is -0.960. The molecule has 0 aliphatic heterocycles. The van der Waals surface area contributed by atoms with Crippen LogP contribution in [-0.2, 0) is 10.5 Å². The maximum absolute atomic E-state index is 11.5. The van der Waals surface area contributed by atoms with Crippen LogP contribution in [-0.4, -0.2) is 11.7 Å². The number of hydrogen-bond acceptors (Lipinski definition) is 3. The number of hydrogen-bond donors (Lipinski definition) is 0. The SMILES string of the molecule is CCCOc1ccc(CSC(=O)C(C)C)cc1. The highest BCUT2D eigenvalue weighted by Gasteiger charge is 2.07. The summed E-state index contributed by atoms with van der Waals surface area (Å²) in [7, 11) is 0. The summed E-state index contributed by atoms with van der Waals surface area (Å²) in [6, 6.07) is 7.97. The number of benzene rings is 1. The molecule has 0 aromatic heterocycles. The van der Waals surface area contributed by atoms with Crippen molar-refractivity contribution in [1.29, 1.82) is 0 Å². The van der Waals surface area contributed by atoms with Gasteiger partial charge in [0.1, 0.15) is 5.75 Å². The number of ether oxygens (including phenoxy) is 1. The monoisotopic (exact) mass is 252 g/mol. The Morgan fingerprint density at radius 3 is 2.47 bits per heavy atom. The van der Waals surface area contributed by atoms with E-state index < -0.39 is 0 Å². The number of rotatable bonds is 6. The summed E-state index contributed by atoms with van der Waals surface area (Å²) in [6.45, 7) is 6.69. The Morgan fingerprint density at radius 2 is 1.94 bits per heavy atom. The van der Waals surface area contributed by atoms with Crippen molar-refractivity contribution in [3.8, 4) is 5.75 Å². The van der Waals surface area contributed by atoms with Crippen molar-refractivity contribution in [3.63, 3.8) is 0 Å². The molecule has 0 amide bonds. The molecule has 0 radical (unpaired) electrons. The van der Waals surface area contributed by atoms with Crippen LogP contribution in [0.15, 0.2) is 24.3 Å². The van der Waals surface area contributed by atoms with E-state index in [9.17, 15) is 4.79 Å². The van der Waals surface area contributed by atoms with Gasteiger partial charge in [0.15, 0.2) is 5.12 Å². The maximum Gasteiger partial charge on any atom is 0.191 e. The van der Waals surface area contributed by atoms with Gasteiger partial charge in [-0.1, -0.05) is 44.7 Å². The average Bonchev–Trinajstić information content (AvgIpc) is 2.34. The molecule has 0 heterocycles. The van der Waals surface area contributed by atoms with Crippen molar-refractivity contribution < 1.29 is 9.53 Å². The van der Waals surface area contributed by atoms with Crippen molar-refractivity contribution >= 4 is 16.9 Å². The van der Waals surface area contributed by atoms with Crippen molar-refractivity contribution in [2.75, 3.05) is 6.61 Å².